The lowest BCUT2D eigenvalue weighted by atomic mass is 10.2. The number of nitrogens with one attached hydrogen (secondary N) is 1. The maximum Gasteiger partial charge on any atom is 0.236 e. The van der Waals surface area contributed by atoms with Crippen molar-refractivity contribution >= 4 is 29.1 Å². The standard InChI is InChI=1S/C11H14Cl2N2O/c1-15(2)10(16)7-14-6-8-4-3-5-9(12)11(8)13/h3-5,14H,6-7H2,1-2H3. The van der Waals surface area contributed by atoms with Gasteiger partial charge in [0.25, 0.3) is 0 Å². The minimum absolute atomic E-state index is 0.0261. The summed E-state index contributed by atoms with van der Waals surface area (Å²) in [6.07, 6.45) is 0. The quantitative estimate of drug-likeness (QED) is 0.900. The van der Waals surface area contributed by atoms with Crippen molar-refractivity contribution in [1.29, 1.82) is 0 Å². The molecule has 0 aliphatic carbocycles. The van der Waals surface area contributed by atoms with E-state index in [0.29, 0.717) is 16.6 Å². The molecule has 88 valence electrons. The van der Waals surface area contributed by atoms with Gasteiger partial charge in [-0.15, -0.1) is 0 Å². The fourth-order valence-electron chi connectivity index (χ4n) is 1.15. The Labute approximate surface area is 105 Å². The number of nitrogens with zero attached hydrogens (tertiary/aromatic N) is 1. The molecule has 0 saturated heterocycles. The van der Waals surface area contributed by atoms with Crippen molar-refractivity contribution in [2.24, 2.45) is 0 Å². The molecular weight excluding hydrogens is 247 g/mol. The zero-order valence-corrected chi connectivity index (χ0v) is 10.8. The van der Waals surface area contributed by atoms with Gasteiger partial charge in [0.15, 0.2) is 0 Å². The third kappa shape index (κ3) is 3.67. The summed E-state index contributed by atoms with van der Waals surface area (Å²) in [6.45, 7) is 0.814. The van der Waals surface area contributed by atoms with Crippen molar-refractivity contribution in [2.45, 2.75) is 6.54 Å². The minimum Gasteiger partial charge on any atom is -0.348 e. The van der Waals surface area contributed by atoms with Crippen LogP contribution in [0, 0.1) is 0 Å². The molecule has 0 fully saturated rings. The van der Waals surface area contributed by atoms with Crippen molar-refractivity contribution in [1.82, 2.24) is 10.2 Å². The SMILES string of the molecule is CN(C)C(=O)CNCc1cccc(Cl)c1Cl. The van der Waals surface area contributed by atoms with Crippen LogP contribution in [0.15, 0.2) is 18.2 Å². The summed E-state index contributed by atoms with van der Waals surface area (Å²) in [5.41, 5.74) is 0.890. The molecule has 0 saturated carbocycles. The summed E-state index contributed by atoms with van der Waals surface area (Å²) in [4.78, 5) is 12.8. The van der Waals surface area contributed by atoms with E-state index in [2.05, 4.69) is 5.32 Å². The highest BCUT2D eigenvalue weighted by Gasteiger charge is 2.06. The highest BCUT2D eigenvalue weighted by Crippen LogP contribution is 2.25. The summed E-state index contributed by atoms with van der Waals surface area (Å²) in [7, 11) is 3.44. The van der Waals surface area contributed by atoms with E-state index in [9.17, 15) is 4.79 Å². The molecule has 0 aliphatic heterocycles. The van der Waals surface area contributed by atoms with Gasteiger partial charge in [0.05, 0.1) is 16.6 Å². The summed E-state index contributed by atoms with van der Waals surface area (Å²) in [5, 5.41) is 4.08. The van der Waals surface area contributed by atoms with Gasteiger partial charge in [-0.3, -0.25) is 4.79 Å². The van der Waals surface area contributed by atoms with Crippen LogP contribution in [0.1, 0.15) is 5.56 Å². The molecule has 0 atom stereocenters. The van der Waals surface area contributed by atoms with E-state index in [1.807, 2.05) is 12.1 Å². The Balaban J connectivity index is 2.49. The van der Waals surface area contributed by atoms with Crippen LogP contribution in [0.25, 0.3) is 0 Å². The summed E-state index contributed by atoms with van der Waals surface area (Å²) in [6, 6.07) is 5.44. The van der Waals surface area contributed by atoms with Gasteiger partial charge >= 0.3 is 0 Å². The van der Waals surface area contributed by atoms with Crippen LogP contribution in [0.2, 0.25) is 10.0 Å². The smallest absolute Gasteiger partial charge is 0.236 e. The topological polar surface area (TPSA) is 32.3 Å². The van der Waals surface area contributed by atoms with Gasteiger partial charge in [-0.2, -0.15) is 0 Å². The van der Waals surface area contributed by atoms with E-state index in [1.165, 1.54) is 4.90 Å². The Morgan fingerprint density at radius 3 is 2.69 bits per heavy atom. The molecule has 0 heterocycles. The molecule has 0 radical (unpaired) electrons. The Bertz CT molecular complexity index is 380. The average Bonchev–Trinajstić information content (AvgIpc) is 2.24. The Hall–Kier alpha value is -0.770. The van der Waals surface area contributed by atoms with Crippen LogP contribution >= 0.6 is 23.2 Å². The monoisotopic (exact) mass is 260 g/mol. The number of likely N-dealkylation sites (N-methyl/N-ethyl adjacent to an activating group) is 1. The largest absolute Gasteiger partial charge is 0.348 e. The molecule has 0 aromatic heterocycles. The van der Waals surface area contributed by atoms with Crippen molar-refractivity contribution in [2.75, 3.05) is 20.6 Å². The maximum absolute atomic E-state index is 11.3. The number of benzene rings is 1. The molecule has 0 aliphatic rings. The number of halogens is 2. The predicted octanol–water partition coefficient (Wildman–Crippen LogP) is 2.17. The first-order chi connectivity index (χ1) is 7.52. The van der Waals surface area contributed by atoms with E-state index in [1.54, 1.807) is 20.2 Å². The van der Waals surface area contributed by atoms with E-state index < -0.39 is 0 Å². The average molecular weight is 261 g/mol. The number of hydrogen-bond donors (Lipinski definition) is 1. The van der Waals surface area contributed by atoms with E-state index in [-0.39, 0.29) is 12.5 Å². The lowest BCUT2D eigenvalue weighted by molar-refractivity contribution is -0.127. The van der Waals surface area contributed by atoms with Gasteiger partial charge in [0.1, 0.15) is 0 Å². The molecule has 1 N–H and O–H groups in total. The molecule has 16 heavy (non-hydrogen) atoms. The summed E-state index contributed by atoms with van der Waals surface area (Å²) < 4.78 is 0. The number of carbonyl (C=O) groups is 1. The van der Waals surface area contributed by atoms with Crippen LogP contribution < -0.4 is 5.32 Å². The van der Waals surface area contributed by atoms with Crippen molar-refractivity contribution in [3.05, 3.63) is 33.8 Å². The highest BCUT2D eigenvalue weighted by atomic mass is 35.5. The van der Waals surface area contributed by atoms with Crippen LogP contribution in [-0.2, 0) is 11.3 Å². The zero-order chi connectivity index (χ0) is 12.1. The Morgan fingerprint density at radius 2 is 2.06 bits per heavy atom. The third-order valence-corrected chi connectivity index (χ3v) is 2.98. The van der Waals surface area contributed by atoms with Gasteiger partial charge in [-0.05, 0) is 11.6 Å². The van der Waals surface area contributed by atoms with Crippen molar-refractivity contribution in [3.8, 4) is 0 Å². The predicted molar refractivity (Wildman–Crippen MR) is 66.9 cm³/mol. The lowest BCUT2D eigenvalue weighted by Crippen LogP contribution is -2.32. The van der Waals surface area contributed by atoms with Gasteiger partial charge in [-0.25, -0.2) is 0 Å². The number of hydrogen-bond acceptors (Lipinski definition) is 2. The van der Waals surface area contributed by atoms with Crippen LogP contribution in [0.5, 0.6) is 0 Å². The van der Waals surface area contributed by atoms with Crippen LogP contribution in [0.3, 0.4) is 0 Å². The van der Waals surface area contributed by atoms with Crippen LogP contribution in [-0.4, -0.2) is 31.4 Å². The van der Waals surface area contributed by atoms with Gasteiger partial charge < -0.3 is 10.2 Å². The first kappa shape index (κ1) is 13.3. The second kappa shape index (κ2) is 6.09. The van der Waals surface area contributed by atoms with E-state index in [0.717, 1.165) is 5.56 Å². The van der Waals surface area contributed by atoms with Crippen molar-refractivity contribution in [3.63, 3.8) is 0 Å². The third-order valence-electron chi connectivity index (χ3n) is 2.12. The molecule has 0 unspecified atom stereocenters. The molecule has 1 aromatic rings. The number of amides is 1. The fourth-order valence-corrected chi connectivity index (χ4v) is 1.53. The Morgan fingerprint density at radius 1 is 1.38 bits per heavy atom. The van der Waals surface area contributed by atoms with Gasteiger partial charge in [0, 0.05) is 20.6 Å². The summed E-state index contributed by atoms with van der Waals surface area (Å²) in [5.74, 6) is 0.0261. The van der Waals surface area contributed by atoms with Gasteiger partial charge in [-0.1, -0.05) is 35.3 Å². The minimum atomic E-state index is 0.0261. The van der Waals surface area contributed by atoms with E-state index in [4.69, 9.17) is 23.2 Å². The second-order valence-corrected chi connectivity index (χ2v) is 4.39. The molecular formula is C11H14Cl2N2O. The zero-order valence-electron chi connectivity index (χ0n) is 9.26. The van der Waals surface area contributed by atoms with Gasteiger partial charge in [0.2, 0.25) is 5.91 Å². The number of carbonyl (C=O) groups excluding carboxylic acids is 1. The molecule has 1 aromatic carbocycles. The van der Waals surface area contributed by atoms with Crippen LogP contribution in [0.4, 0.5) is 0 Å². The normalized spacial score (nSPS) is 10.2. The molecule has 5 heteroatoms. The molecule has 1 rings (SSSR count). The second-order valence-electron chi connectivity index (χ2n) is 3.60. The summed E-state index contributed by atoms with van der Waals surface area (Å²) >= 11 is 11.9. The maximum atomic E-state index is 11.3. The van der Waals surface area contributed by atoms with Crippen molar-refractivity contribution < 1.29 is 4.79 Å². The first-order valence-electron chi connectivity index (χ1n) is 4.86. The number of rotatable bonds is 4. The Kier molecular flexibility index (Phi) is 5.06. The fraction of sp³-hybridized carbons (Fsp3) is 0.364. The molecule has 0 bridgehead atoms. The highest BCUT2D eigenvalue weighted by molar-refractivity contribution is 6.42. The molecule has 0 spiro atoms. The first-order valence-corrected chi connectivity index (χ1v) is 5.61. The lowest BCUT2D eigenvalue weighted by Gasteiger charge is -2.11. The molecule has 1 amide bonds. The van der Waals surface area contributed by atoms with E-state index >= 15 is 0 Å². The molecule has 3 nitrogen and oxygen atoms in total.